The molecule has 2 rings (SSSR count). The molecule has 0 unspecified atom stereocenters. The van der Waals surface area contributed by atoms with Crippen molar-refractivity contribution in [2.45, 2.75) is 13.8 Å². The van der Waals surface area contributed by atoms with Gasteiger partial charge in [-0.05, 0) is 35.8 Å². The van der Waals surface area contributed by atoms with Gasteiger partial charge >= 0.3 is 0 Å². The number of hydrogen-bond donors (Lipinski definition) is 1. The molecule has 13 heavy (non-hydrogen) atoms. The van der Waals surface area contributed by atoms with Gasteiger partial charge in [0.15, 0.2) is 5.82 Å². The predicted molar refractivity (Wildman–Crippen MR) is 52.9 cm³/mol. The molecule has 0 spiro atoms. The quantitative estimate of drug-likeness (QED) is 0.829. The number of aromatic nitrogens is 4. The lowest BCUT2D eigenvalue weighted by Crippen LogP contribution is -1.96. The van der Waals surface area contributed by atoms with Gasteiger partial charge in [0.05, 0.1) is 10.2 Å². The van der Waals surface area contributed by atoms with Crippen LogP contribution in [0.2, 0.25) is 0 Å². The second-order valence-electron chi connectivity index (χ2n) is 2.89. The second kappa shape index (κ2) is 2.99. The van der Waals surface area contributed by atoms with Gasteiger partial charge in [-0.1, -0.05) is 0 Å². The molecule has 1 N–H and O–H groups in total. The van der Waals surface area contributed by atoms with Crippen LogP contribution >= 0.6 is 15.9 Å². The van der Waals surface area contributed by atoms with Crippen molar-refractivity contribution < 1.29 is 0 Å². The Bertz CT molecular complexity index is 429. The average Bonchev–Trinajstić information content (AvgIpc) is 2.62. The van der Waals surface area contributed by atoms with Crippen molar-refractivity contribution >= 4 is 15.9 Å². The summed E-state index contributed by atoms with van der Waals surface area (Å²) in [5.74, 6) is 0.797. The Hall–Kier alpha value is -1.10. The molecule has 0 fully saturated rings. The highest BCUT2D eigenvalue weighted by atomic mass is 79.9. The molecule has 0 radical (unpaired) electrons. The van der Waals surface area contributed by atoms with E-state index in [0.717, 1.165) is 21.7 Å². The highest BCUT2D eigenvalue weighted by Crippen LogP contribution is 2.20. The van der Waals surface area contributed by atoms with Crippen molar-refractivity contribution in [3.63, 3.8) is 0 Å². The third-order valence-electron chi connectivity index (χ3n) is 1.79. The maximum absolute atomic E-state index is 4.26. The molecular weight excluding hydrogens is 232 g/mol. The summed E-state index contributed by atoms with van der Waals surface area (Å²) in [5.41, 5.74) is 1.98. The zero-order valence-electron chi connectivity index (χ0n) is 7.37. The van der Waals surface area contributed by atoms with Gasteiger partial charge in [0.1, 0.15) is 0 Å². The van der Waals surface area contributed by atoms with E-state index in [9.17, 15) is 0 Å². The Kier molecular flexibility index (Phi) is 1.95. The number of nitrogens with zero attached hydrogens (tertiary/aromatic N) is 3. The molecule has 0 aliphatic heterocycles. The van der Waals surface area contributed by atoms with Gasteiger partial charge in [0.2, 0.25) is 0 Å². The summed E-state index contributed by atoms with van der Waals surface area (Å²) in [5, 5.41) is 11.3. The Morgan fingerprint density at radius 3 is 2.69 bits per heavy atom. The lowest BCUT2D eigenvalue weighted by atomic mass is 10.5. The van der Waals surface area contributed by atoms with Crippen LogP contribution in [0.4, 0.5) is 0 Å². The van der Waals surface area contributed by atoms with Gasteiger partial charge in [-0.15, -0.1) is 0 Å². The van der Waals surface area contributed by atoms with E-state index in [1.54, 1.807) is 4.68 Å². The van der Waals surface area contributed by atoms with Crippen LogP contribution in [-0.2, 0) is 0 Å². The van der Waals surface area contributed by atoms with Gasteiger partial charge < -0.3 is 0 Å². The number of rotatable bonds is 1. The van der Waals surface area contributed by atoms with Gasteiger partial charge in [-0.3, -0.25) is 5.10 Å². The molecular formula is C8H9BrN4. The van der Waals surface area contributed by atoms with Crippen LogP contribution in [0.25, 0.3) is 5.82 Å². The molecule has 0 bridgehead atoms. The Labute approximate surface area is 84.1 Å². The fourth-order valence-corrected chi connectivity index (χ4v) is 1.45. The number of nitrogens with one attached hydrogen (secondary N) is 1. The first-order valence-electron chi connectivity index (χ1n) is 3.91. The van der Waals surface area contributed by atoms with Crippen LogP contribution in [0.3, 0.4) is 0 Å². The van der Waals surface area contributed by atoms with Crippen LogP contribution in [0.1, 0.15) is 11.4 Å². The number of H-pyrrole nitrogens is 1. The first-order valence-corrected chi connectivity index (χ1v) is 4.71. The summed E-state index contributed by atoms with van der Waals surface area (Å²) in [7, 11) is 0. The largest absolute Gasteiger partial charge is 0.279 e. The summed E-state index contributed by atoms with van der Waals surface area (Å²) in [4.78, 5) is 0. The smallest absolute Gasteiger partial charge is 0.189 e. The molecule has 2 aromatic rings. The van der Waals surface area contributed by atoms with Crippen LogP contribution in [0.15, 0.2) is 16.7 Å². The summed E-state index contributed by atoms with van der Waals surface area (Å²) in [6.07, 6.45) is 1.88. The third-order valence-corrected chi connectivity index (χ3v) is 2.74. The number of halogens is 1. The van der Waals surface area contributed by atoms with E-state index >= 15 is 0 Å². The van der Waals surface area contributed by atoms with Crippen LogP contribution in [0, 0.1) is 13.8 Å². The summed E-state index contributed by atoms with van der Waals surface area (Å²) >= 11 is 3.44. The fourth-order valence-electron chi connectivity index (χ4n) is 1.09. The lowest BCUT2D eigenvalue weighted by molar-refractivity contribution is 0.820. The topological polar surface area (TPSA) is 46.5 Å². The fraction of sp³-hybridized carbons (Fsp3) is 0.250. The molecule has 0 aliphatic carbocycles. The Morgan fingerprint density at radius 1 is 1.46 bits per heavy atom. The van der Waals surface area contributed by atoms with E-state index in [2.05, 4.69) is 31.2 Å². The van der Waals surface area contributed by atoms with Crippen molar-refractivity contribution in [2.75, 3.05) is 0 Å². The maximum atomic E-state index is 4.26. The van der Waals surface area contributed by atoms with E-state index < -0.39 is 0 Å². The van der Waals surface area contributed by atoms with E-state index in [0.29, 0.717) is 0 Å². The molecule has 0 aliphatic rings. The standard InChI is InChI=1S/C8H9BrN4/c1-5-3-4-13(12-5)8-7(9)6(2)10-11-8/h3-4H,1-2H3,(H,10,11). The summed E-state index contributed by atoms with van der Waals surface area (Å²) in [6.45, 7) is 3.90. The van der Waals surface area contributed by atoms with Crippen LogP contribution in [0.5, 0.6) is 0 Å². The zero-order valence-corrected chi connectivity index (χ0v) is 8.96. The number of hydrogen-bond acceptors (Lipinski definition) is 2. The van der Waals surface area contributed by atoms with Crippen molar-refractivity contribution in [1.82, 2.24) is 20.0 Å². The second-order valence-corrected chi connectivity index (χ2v) is 3.68. The van der Waals surface area contributed by atoms with Crippen molar-refractivity contribution in [1.29, 1.82) is 0 Å². The van der Waals surface area contributed by atoms with E-state index in [-0.39, 0.29) is 0 Å². The minimum absolute atomic E-state index is 0.797. The highest BCUT2D eigenvalue weighted by Gasteiger charge is 2.09. The maximum Gasteiger partial charge on any atom is 0.189 e. The Balaban J connectivity index is 2.52. The van der Waals surface area contributed by atoms with Crippen molar-refractivity contribution in [2.24, 2.45) is 0 Å². The molecule has 4 nitrogen and oxygen atoms in total. The SMILES string of the molecule is Cc1ccn(-c2n[nH]c(C)c2Br)n1. The monoisotopic (exact) mass is 240 g/mol. The van der Waals surface area contributed by atoms with Crippen molar-refractivity contribution in [3.8, 4) is 5.82 Å². The minimum atomic E-state index is 0.797. The normalized spacial score (nSPS) is 10.7. The molecule has 0 aromatic carbocycles. The van der Waals surface area contributed by atoms with Gasteiger partial charge in [-0.25, -0.2) is 4.68 Å². The molecule has 2 heterocycles. The van der Waals surface area contributed by atoms with E-state index in [1.165, 1.54) is 0 Å². The molecule has 0 atom stereocenters. The molecule has 2 aromatic heterocycles. The Morgan fingerprint density at radius 2 is 2.23 bits per heavy atom. The number of aromatic amines is 1. The molecule has 68 valence electrons. The summed E-state index contributed by atoms with van der Waals surface area (Å²) in [6, 6.07) is 1.94. The van der Waals surface area contributed by atoms with Gasteiger partial charge in [-0.2, -0.15) is 10.2 Å². The summed E-state index contributed by atoms with van der Waals surface area (Å²) < 4.78 is 2.69. The van der Waals surface area contributed by atoms with Gasteiger partial charge in [0, 0.05) is 11.9 Å². The van der Waals surface area contributed by atoms with E-state index in [1.807, 2.05) is 26.1 Å². The highest BCUT2D eigenvalue weighted by molar-refractivity contribution is 9.10. The van der Waals surface area contributed by atoms with Crippen LogP contribution < -0.4 is 0 Å². The minimum Gasteiger partial charge on any atom is -0.279 e. The predicted octanol–water partition coefficient (Wildman–Crippen LogP) is 1.97. The van der Waals surface area contributed by atoms with Gasteiger partial charge in [0.25, 0.3) is 0 Å². The van der Waals surface area contributed by atoms with Crippen LogP contribution in [-0.4, -0.2) is 20.0 Å². The van der Waals surface area contributed by atoms with Crippen molar-refractivity contribution in [3.05, 3.63) is 28.1 Å². The lowest BCUT2D eigenvalue weighted by Gasteiger charge is -1.95. The molecule has 5 heteroatoms. The zero-order chi connectivity index (χ0) is 9.42. The third kappa shape index (κ3) is 1.39. The first kappa shape index (κ1) is 8.50. The average molecular weight is 241 g/mol. The molecule has 0 saturated carbocycles. The molecule has 0 amide bonds. The first-order chi connectivity index (χ1) is 6.18. The number of aryl methyl sites for hydroxylation is 2. The molecule has 0 saturated heterocycles. The van der Waals surface area contributed by atoms with E-state index in [4.69, 9.17) is 0 Å².